The van der Waals surface area contributed by atoms with Crippen molar-refractivity contribution in [3.05, 3.63) is 71.5 Å². The third-order valence-electron chi connectivity index (χ3n) is 3.80. The molecule has 0 radical (unpaired) electrons. The maximum atomic E-state index is 12.2. The van der Waals surface area contributed by atoms with E-state index in [1.54, 1.807) is 55.6 Å². The molecule has 0 aliphatic carbocycles. The molecule has 0 bridgehead atoms. The van der Waals surface area contributed by atoms with Crippen LogP contribution in [0.3, 0.4) is 0 Å². The zero-order chi connectivity index (χ0) is 19.2. The molecule has 2 aromatic carbocycles. The highest BCUT2D eigenvalue weighted by Gasteiger charge is 2.07. The van der Waals surface area contributed by atoms with Crippen LogP contribution in [0.1, 0.15) is 5.56 Å². The first-order valence-corrected chi connectivity index (χ1v) is 8.49. The Morgan fingerprint density at radius 1 is 1.19 bits per heavy atom. The molecular formula is C20H18ClN3O3. The van der Waals surface area contributed by atoms with Crippen LogP contribution in [0.5, 0.6) is 11.5 Å². The molecule has 0 aliphatic rings. The molecule has 3 rings (SSSR count). The van der Waals surface area contributed by atoms with E-state index in [1.807, 2.05) is 24.3 Å². The minimum absolute atomic E-state index is 0.286. The van der Waals surface area contributed by atoms with Crippen molar-refractivity contribution in [2.24, 2.45) is 0 Å². The fraction of sp³-hybridized carbons (Fsp3) is 0.100. The maximum absolute atomic E-state index is 12.2. The van der Waals surface area contributed by atoms with Gasteiger partial charge in [-0.3, -0.25) is 4.79 Å². The summed E-state index contributed by atoms with van der Waals surface area (Å²) < 4.78 is 12.1. The average molecular weight is 384 g/mol. The van der Waals surface area contributed by atoms with Crippen LogP contribution >= 0.6 is 11.6 Å². The van der Waals surface area contributed by atoms with Gasteiger partial charge in [0.25, 0.3) is 0 Å². The first-order chi connectivity index (χ1) is 13.1. The third-order valence-corrected chi connectivity index (χ3v) is 4.12. The van der Waals surface area contributed by atoms with Gasteiger partial charge in [0.15, 0.2) is 0 Å². The summed E-state index contributed by atoms with van der Waals surface area (Å²) in [4.78, 5) is 12.2. The maximum Gasteiger partial charge on any atom is 0.248 e. The molecule has 0 saturated carbocycles. The smallest absolute Gasteiger partial charge is 0.248 e. The molecule has 0 fully saturated rings. The number of benzene rings is 2. The van der Waals surface area contributed by atoms with Gasteiger partial charge in [0.1, 0.15) is 11.5 Å². The number of para-hydroxylation sites is 1. The summed E-state index contributed by atoms with van der Waals surface area (Å²) in [5.74, 6) is 1.01. The van der Waals surface area contributed by atoms with Crippen LogP contribution in [-0.2, 0) is 4.79 Å². The van der Waals surface area contributed by atoms with Crippen LogP contribution in [0.4, 0.5) is 5.69 Å². The third kappa shape index (κ3) is 4.48. The number of nitrogens with one attached hydrogen (secondary N) is 1. The van der Waals surface area contributed by atoms with E-state index in [0.29, 0.717) is 22.2 Å². The van der Waals surface area contributed by atoms with Crippen LogP contribution in [0, 0.1) is 0 Å². The van der Waals surface area contributed by atoms with Crippen molar-refractivity contribution in [3.63, 3.8) is 0 Å². The van der Waals surface area contributed by atoms with Crippen molar-refractivity contribution >= 4 is 29.3 Å². The summed E-state index contributed by atoms with van der Waals surface area (Å²) in [6.45, 7) is 0. The van der Waals surface area contributed by atoms with Crippen molar-refractivity contribution in [2.45, 2.75) is 0 Å². The van der Waals surface area contributed by atoms with Crippen LogP contribution in [0.2, 0.25) is 5.02 Å². The van der Waals surface area contributed by atoms with Gasteiger partial charge < -0.3 is 14.8 Å². The van der Waals surface area contributed by atoms with E-state index in [1.165, 1.54) is 6.08 Å². The summed E-state index contributed by atoms with van der Waals surface area (Å²) in [7, 11) is 3.15. The predicted molar refractivity (Wildman–Crippen MR) is 106 cm³/mol. The van der Waals surface area contributed by atoms with Crippen molar-refractivity contribution in [2.75, 3.05) is 19.5 Å². The number of methoxy groups -OCH3 is 2. The van der Waals surface area contributed by atoms with Gasteiger partial charge >= 0.3 is 0 Å². The number of hydrogen-bond acceptors (Lipinski definition) is 4. The average Bonchev–Trinajstić information content (AvgIpc) is 3.14. The van der Waals surface area contributed by atoms with Gasteiger partial charge in [0.2, 0.25) is 5.91 Å². The first kappa shape index (κ1) is 18.5. The lowest BCUT2D eigenvalue weighted by Gasteiger charge is -2.07. The monoisotopic (exact) mass is 383 g/mol. The number of amides is 1. The van der Waals surface area contributed by atoms with Gasteiger partial charge in [-0.25, -0.2) is 4.68 Å². The molecule has 138 valence electrons. The van der Waals surface area contributed by atoms with Gasteiger partial charge in [-0.1, -0.05) is 23.7 Å². The molecule has 1 amide bonds. The SMILES string of the molecule is COc1ccc(/C=C/C(=O)Nc2cnn(-c3ccccc3Cl)c2)c(OC)c1. The molecule has 0 atom stereocenters. The van der Waals surface area contributed by atoms with E-state index < -0.39 is 0 Å². The summed E-state index contributed by atoms with van der Waals surface area (Å²) in [5.41, 5.74) is 2.06. The molecule has 1 N–H and O–H groups in total. The molecule has 7 heteroatoms. The Morgan fingerprint density at radius 2 is 2.00 bits per heavy atom. The van der Waals surface area contributed by atoms with Crippen LogP contribution in [0.15, 0.2) is 60.9 Å². The summed E-state index contributed by atoms with van der Waals surface area (Å²) in [6.07, 6.45) is 6.35. The fourth-order valence-electron chi connectivity index (χ4n) is 2.46. The number of halogens is 1. The second kappa shape index (κ2) is 8.42. The summed E-state index contributed by atoms with van der Waals surface area (Å²) >= 11 is 6.16. The normalized spacial score (nSPS) is 10.8. The van der Waals surface area contributed by atoms with Crippen LogP contribution < -0.4 is 14.8 Å². The lowest BCUT2D eigenvalue weighted by Crippen LogP contribution is -2.07. The highest BCUT2D eigenvalue weighted by molar-refractivity contribution is 6.32. The van der Waals surface area contributed by atoms with Gasteiger partial charge in [-0.05, 0) is 30.3 Å². The quantitative estimate of drug-likeness (QED) is 0.648. The number of rotatable bonds is 6. The Kier molecular flexibility index (Phi) is 5.78. The molecule has 1 aromatic heterocycles. The van der Waals surface area contributed by atoms with Crippen molar-refractivity contribution in [3.8, 4) is 17.2 Å². The molecule has 0 unspecified atom stereocenters. The van der Waals surface area contributed by atoms with Crippen molar-refractivity contribution in [1.29, 1.82) is 0 Å². The Labute approximate surface area is 162 Å². The van der Waals surface area contributed by atoms with E-state index in [0.717, 1.165) is 11.3 Å². The molecule has 0 aliphatic heterocycles. The second-order valence-corrected chi connectivity index (χ2v) is 5.96. The van der Waals surface area contributed by atoms with Crippen LogP contribution in [-0.4, -0.2) is 29.9 Å². The van der Waals surface area contributed by atoms with Crippen molar-refractivity contribution < 1.29 is 14.3 Å². The minimum atomic E-state index is -0.286. The highest BCUT2D eigenvalue weighted by Crippen LogP contribution is 2.25. The van der Waals surface area contributed by atoms with Crippen molar-refractivity contribution in [1.82, 2.24) is 9.78 Å². The summed E-state index contributed by atoms with van der Waals surface area (Å²) in [6, 6.07) is 12.7. The Morgan fingerprint density at radius 3 is 2.74 bits per heavy atom. The Bertz CT molecular complexity index is 982. The second-order valence-electron chi connectivity index (χ2n) is 5.56. The highest BCUT2D eigenvalue weighted by atomic mass is 35.5. The molecule has 27 heavy (non-hydrogen) atoms. The van der Waals surface area contributed by atoms with Crippen LogP contribution in [0.25, 0.3) is 11.8 Å². The zero-order valence-corrected chi connectivity index (χ0v) is 15.6. The Balaban J connectivity index is 1.70. The van der Waals surface area contributed by atoms with Gasteiger partial charge in [0, 0.05) is 17.7 Å². The van der Waals surface area contributed by atoms with E-state index in [2.05, 4.69) is 10.4 Å². The molecule has 3 aromatic rings. The first-order valence-electron chi connectivity index (χ1n) is 8.11. The molecule has 0 saturated heterocycles. The molecule has 6 nitrogen and oxygen atoms in total. The van der Waals surface area contributed by atoms with Gasteiger partial charge in [0.05, 0.1) is 43.0 Å². The number of carbonyl (C=O) groups is 1. The van der Waals surface area contributed by atoms with E-state index in [4.69, 9.17) is 21.1 Å². The molecule has 1 heterocycles. The topological polar surface area (TPSA) is 65.4 Å². The van der Waals surface area contributed by atoms with E-state index in [-0.39, 0.29) is 5.91 Å². The standard InChI is InChI=1S/C20H18ClN3O3/c1-26-16-9-7-14(19(11-16)27-2)8-10-20(25)23-15-12-22-24(13-15)18-6-4-3-5-17(18)21/h3-13H,1-2H3,(H,23,25)/b10-8+. The number of ether oxygens (including phenoxy) is 2. The largest absolute Gasteiger partial charge is 0.497 e. The lowest BCUT2D eigenvalue weighted by atomic mass is 10.1. The minimum Gasteiger partial charge on any atom is -0.497 e. The number of aromatic nitrogens is 2. The zero-order valence-electron chi connectivity index (χ0n) is 14.8. The number of nitrogens with zero attached hydrogens (tertiary/aromatic N) is 2. The summed E-state index contributed by atoms with van der Waals surface area (Å²) in [5, 5.41) is 7.56. The number of carbonyl (C=O) groups excluding carboxylic acids is 1. The number of anilines is 1. The predicted octanol–water partition coefficient (Wildman–Crippen LogP) is 4.19. The fourth-order valence-corrected chi connectivity index (χ4v) is 2.68. The van der Waals surface area contributed by atoms with E-state index in [9.17, 15) is 4.79 Å². The lowest BCUT2D eigenvalue weighted by molar-refractivity contribution is -0.111. The Hall–Kier alpha value is -3.25. The molecular weight excluding hydrogens is 366 g/mol. The van der Waals surface area contributed by atoms with Gasteiger partial charge in [-0.15, -0.1) is 0 Å². The van der Waals surface area contributed by atoms with Gasteiger partial charge in [-0.2, -0.15) is 5.10 Å². The number of hydrogen-bond donors (Lipinski definition) is 1. The molecule has 0 spiro atoms. The van der Waals surface area contributed by atoms with E-state index >= 15 is 0 Å².